The van der Waals surface area contributed by atoms with E-state index >= 15 is 0 Å². The predicted molar refractivity (Wildman–Crippen MR) is 64.2 cm³/mol. The first-order valence-electron chi connectivity index (χ1n) is 5.94. The van der Waals surface area contributed by atoms with Crippen molar-refractivity contribution in [1.29, 1.82) is 0 Å². The van der Waals surface area contributed by atoms with Gasteiger partial charge in [0.15, 0.2) is 0 Å². The van der Waals surface area contributed by atoms with Crippen molar-refractivity contribution in [1.82, 2.24) is 10.2 Å². The van der Waals surface area contributed by atoms with E-state index in [-0.39, 0.29) is 12.1 Å². The van der Waals surface area contributed by atoms with Crippen molar-refractivity contribution in [3.8, 4) is 0 Å². The maximum absolute atomic E-state index is 11.9. The van der Waals surface area contributed by atoms with Crippen LogP contribution >= 0.6 is 11.3 Å². The first-order valence-corrected chi connectivity index (χ1v) is 6.82. The summed E-state index contributed by atoms with van der Waals surface area (Å²) in [6.07, 6.45) is 5.03. The fourth-order valence-corrected chi connectivity index (χ4v) is 3.60. The second kappa shape index (κ2) is 4.18. The smallest absolute Gasteiger partial charge is 0.238 e. The largest absolute Gasteiger partial charge is 0.318 e. The Hall–Kier alpha value is -0.870. The third-order valence-electron chi connectivity index (χ3n) is 3.54. The van der Waals surface area contributed by atoms with Crippen molar-refractivity contribution in [3.63, 3.8) is 0 Å². The summed E-state index contributed by atoms with van der Waals surface area (Å²) in [7, 11) is 0. The van der Waals surface area contributed by atoms with E-state index in [0.29, 0.717) is 12.6 Å². The fraction of sp³-hybridized carbons (Fsp3) is 0.583. The van der Waals surface area contributed by atoms with E-state index in [4.69, 9.17) is 0 Å². The van der Waals surface area contributed by atoms with Crippen LogP contribution in [0.1, 0.15) is 36.7 Å². The molecule has 1 unspecified atom stereocenters. The molecule has 2 fully saturated rings. The molecular formula is C12H16N2OS. The molecule has 0 bridgehead atoms. The lowest BCUT2D eigenvalue weighted by Crippen LogP contribution is -2.37. The molecule has 1 aromatic heterocycles. The molecule has 1 aromatic rings. The Morgan fingerprint density at radius 1 is 1.38 bits per heavy atom. The van der Waals surface area contributed by atoms with Crippen molar-refractivity contribution in [2.75, 3.05) is 6.54 Å². The van der Waals surface area contributed by atoms with E-state index in [9.17, 15) is 4.79 Å². The molecular weight excluding hydrogens is 220 g/mol. The van der Waals surface area contributed by atoms with Gasteiger partial charge in [-0.3, -0.25) is 10.1 Å². The van der Waals surface area contributed by atoms with Crippen LogP contribution in [0.3, 0.4) is 0 Å². The summed E-state index contributed by atoms with van der Waals surface area (Å²) < 4.78 is 0. The van der Waals surface area contributed by atoms with Crippen molar-refractivity contribution in [2.45, 2.75) is 37.9 Å². The van der Waals surface area contributed by atoms with Crippen LogP contribution < -0.4 is 5.32 Å². The number of hydrogen-bond donors (Lipinski definition) is 1. The van der Waals surface area contributed by atoms with Crippen molar-refractivity contribution < 1.29 is 4.79 Å². The van der Waals surface area contributed by atoms with Gasteiger partial charge in [-0.25, -0.2) is 0 Å². The SMILES string of the molecule is O=C1CNC(c2cccs2)N1C1CCCC1. The summed E-state index contributed by atoms with van der Waals surface area (Å²) >= 11 is 1.73. The van der Waals surface area contributed by atoms with Crippen LogP contribution in [0, 0.1) is 0 Å². The zero-order chi connectivity index (χ0) is 11.0. The molecule has 86 valence electrons. The minimum Gasteiger partial charge on any atom is -0.318 e. The minimum absolute atomic E-state index is 0.135. The number of carbonyl (C=O) groups excluding carboxylic acids is 1. The Balaban J connectivity index is 1.84. The molecule has 3 rings (SSSR count). The highest BCUT2D eigenvalue weighted by molar-refractivity contribution is 7.10. The van der Waals surface area contributed by atoms with Gasteiger partial charge in [0.25, 0.3) is 0 Å². The molecule has 2 aliphatic rings. The predicted octanol–water partition coefficient (Wildman–Crippen LogP) is 2.12. The van der Waals surface area contributed by atoms with Gasteiger partial charge >= 0.3 is 0 Å². The topological polar surface area (TPSA) is 32.3 Å². The number of carbonyl (C=O) groups is 1. The van der Waals surface area contributed by atoms with E-state index < -0.39 is 0 Å². The number of nitrogens with one attached hydrogen (secondary N) is 1. The van der Waals surface area contributed by atoms with Crippen LogP contribution in [-0.4, -0.2) is 23.4 Å². The maximum atomic E-state index is 11.9. The summed E-state index contributed by atoms with van der Waals surface area (Å²) in [5.74, 6) is 0.269. The molecule has 1 aliphatic carbocycles. The second-order valence-corrected chi connectivity index (χ2v) is 5.52. The lowest BCUT2D eigenvalue weighted by molar-refractivity contribution is -0.130. The van der Waals surface area contributed by atoms with Crippen LogP contribution in [0.5, 0.6) is 0 Å². The molecule has 1 saturated carbocycles. The zero-order valence-corrected chi connectivity index (χ0v) is 10.0. The number of amides is 1. The van der Waals surface area contributed by atoms with E-state index in [0.717, 1.165) is 0 Å². The zero-order valence-electron chi connectivity index (χ0n) is 9.19. The van der Waals surface area contributed by atoms with Gasteiger partial charge in [-0.05, 0) is 24.3 Å². The Morgan fingerprint density at radius 2 is 2.19 bits per heavy atom. The molecule has 2 heterocycles. The summed E-state index contributed by atoms with van der Waals surface area (Å²) in [5, 5.41) is 5.40. The Kier molecular flexibility index (Phi) is 2.69. The normalized spacial score (nSPS) is 26.9. The number of thiophene rings is 1. The number of rotatable bonds is 2. The van der Waals surface area contributed by atoms with Crippen molar-refractivity contribution >= 4 is 17.2 Å². The average Bonchev–Trinajstić information content (AvgIpc) is 2.96. The monoisotopic (exact) mass is 236 g/mol. The maximum Gasteiger partial charge on any atom is 0.238 e. The highest BCUT2D eigenvalue weighted by atomic mass is 32.1. The van der Waals surface area contributed by atoms with Crippen LogP contribution in [0.15, 0.2) is 17.5 Å². The van der Waals surface area contributed by atoms with Gasteiger partial charge < -0.3 is 4.90 Å². The van der Waals surface area contributed by atoms with Crippen LogP contribution in [0.4, 0.5) is 0 Å². The summed E-state index contributed by atoms with van der Waals surface area (Å²) in [4.78, 5) is 15.3. The highest BCUT2D eigenvalue weighted by Crippen LogP contribution is 2.33. The first-order chi connectivity index (χ1) is 7.86. The molecule has 1 N–H and O–H groups in total. The lowest BCUT2D eigenvalue weighted by atomic mass is 10.2. The summed E-state index contributed by atoms with van der Waals surface area (Å²) in [6, 6.07) is 4.63. The van der Waals surface area contributed by atoms with Crippen LogP contribution in [0.25, 0.3) is 0 Å². The third kappa shape index (κ3) is 1.66. The highest BCUT2D eigenvalue weighted by Gasteiger charge is 2.38. The Labute approximate surface area is 99.5 Å². The summed E-state index contributed by atoms with van der Waals surface area (Å²) in [6.45, 7) is 0.499. The van der Waals surface area contributed by atoms with E-state index in [1.807, 2.05) is 0 Å². The van der Waals surface area contributed by atoms with E-state index in [1.165, 1.54) is 30.6 Å². The van der Waals surface area contributed by atoms with Gasteiger partial charge in [-0.15, -0.1) is 11.3 Å². The molecule has 0 radical (unpaired) electrons. The number of hydrogen-bond acceptors (Lipinski definition) is 3. The van der Waals surface area contributed by atoms with E-state index in [1.54, 1.807) is 11.3 Å². The molecule has 16 heavy (non-hydrogen) atoms. The molecule has 3 nitrogen and oxygen atoms in total. The lowest BCUT2D eigenvalue weighted by Gasteiger charge is -2.29. The number of nitrogens with zero attached hydrogens (tertiary/aromatic N) is 1. The molecule has 1 saturated heterocycles. The Morgan fingerprint density at radius 3 is 2.88 bits per heavy atom. The second-order valence-electron chi connectivity index (χ2n) is 4.54. The molecule has 1 aliphatic heterocycles. The van der Waals surface area contributed by atoms with Gasteiger partial charge in [-0.1, -0.05) is 18.9 Å². The standard InChI is InChI=1S/C12H16N2OS/c15-11-8-13-12(10-6-3-7-16-10)14(11)9-4-1-2-5-9/h3,6-7,9,12-13H,1-2,4-5,8H2. The van der Waals surface area contributed by atoms with Gasteiger partial charge in [0.1, 0.15) is 6.17 Å². The first kappa shape index (κ1) is 10.3. The van der Waals surface area contributed by atoms with Gasteiger partial charge in [0.2, 0.25) is 5.91 Å². The van der Waals surface area contributed by atoms with E-state index in [2.05, 4.69) is 27.7 Å². The molecule has 1 amide bonds. The van der Waals surface area contributed by atoms with Crippen LogP contribution in [0.2, 0.25) is 0 Å². The van der Waals surface area contributed by atoms with Crippen molar-refractivity contribution in [3.05, 3.63) is 22.4 Å². The molecule has 0 aromatic carbocycles. The molecule has 1 atom stereocenters. The van der Waals surface area contributed by atoms with Gasteiger partial charge in [0.05, 0.1) is 6.54 Å². The summed E-state index contributed by atoms with van der Waals surface area (Å²) in [5.41, 5.74) is 0. The molecule has 0 spiro atoms. The van der Waals surface area contributed by atoms with Gasteiger partial charge in [0, 0.05) is 10.9 Å². The average molecular weight is 236 g/mol. The Bertz CT molecular complexity index is 370. The fourth-order valence-electron chi connectivity index (χ4n) is 2.80. The third-order valence-corrected chi connectivity index (χ3v) is 4.47. The molecule has 4 heteroatoms. The van der Waals surface area contributed by atoms with Gasteiger partial charge in [-0.2, -0.15) is 0 Å². The minimum atomic E-state index is 0.135. The van der Waals surface area contributed by atoms with Crippen LogP contribution in [-0.2, 0) is 4.79 Å². The quantitative estimate of drug-likeness (QED) is 0.853. The van der Waals surface area contributed by atoms with Crippen molar-refractivity contribution in [2.24, 2.45) is 0 Å².